The number of para-hydroxylation sites is 2. The molecule has 3 rings (SSSR count). The van der Waals surface area contributed by atoms with Crippen LogP contribution < -0.4 is 10.1 Å². The number of nitrogens with one attached hydrogen (secondary N) is 1. The molecule has 0 saturated carbocycles. The summed E-state index contributed by atoms with van der Waals surface area (Å²) in [6.45, 7) is 6.54. The third-order valence-corrected chi connectivity index (χ3v) is 5.50. The second kappa shape index (κ2) is 11.5. The van der Waals surface area contributed by atoms with Crippen LogP contribution in [0.3, 0.4) is 0 Å². The van der Waals surface area contributed by atoms with E-state index in [0.29, 0.717) is 13.2 Å². The molecule has 1 amide bonds. The average molecular weight is 424 g/mol. The number of amides is 1. The van der Waals surface area contributed by atoms with Crippen molar-refractivity contribution in [3.8, 4) is 5.75 Å². The molecule has 0 aliphatic heterocycles. The number of carbonyl (C=O) groups is 1. The van der Waals surface area contributed by atoms with E-state index in [1.165, 1.54) is 18.2 Å². The molecule has 6 heteroatoms. The maximum atomic E-state index is 11.5. The molecule has 6 nitrogen and oxygen atoms in total. The van der Waals surface area contributed by atoms with Crippen LogP contribution in [0, 0.1) is 13.8 Å². The summed E-state index contributed by atoms with van der Waals surface area (Å²) in [6.07, 6.45) is 3.66. The molecule has 0 unspecified atom stereocenters. The molecule has 0 spiro atoms. The van der Waals surface area contributed by atoms with Gasteiger partial charge in [0, 0.05) is 26.6 Å². The second-order valence-corrected chi connectivity index (χ2v) is 7.81. The van der Waals surface area contributed by atoms with Gasteiger partial charge in [-0.25, -0.2) is 4.98 Å². The fourth-order valence-corrected chi connectivity index (χ4v) is 3.66. The second-order valence-electron chi connectivity index (χ2n) is 7.81. The first-order valence-corrected chi connectivity index (χ1v) is 11.0. The molecule has 0 fully saturated rings. The van der Waals surface area contributed by atoms with Crippen molar-refractivity contribution in [1.82, 2.24) is 14.9 Å². The number of nitrogens with zero attached hydrogens (tertiary/aromatic N) is 2. The van der Waals surface area contributed by atoms with Gasteiger partial charge < -0.3 is 19.4 Å². The van der Waals surface area contributed by atoms with E-state index >= 15 is 0 Å². The molecule has 0 atom stereocenters. The number of carbonyl (C=O) groups excluding carboxylic acids is 1. The zero-order chi connectivity index (χ0) is 22.1. The number of imidazole rings is 1. The number of hydrogen-bond donors (Lipinski definition) is 1. The molecule has 31 heavy (non-hydrogen) atoms. The Bertz CT molecular complexity index is 997. The van der Waals surface area contributed by atoms with Gasteiger partial charge in [-0.2, -0.15) is 0 Å². The van der Waals surface area contributed by atoms with Gasteiger partial charge >= 0.3 is 0 Å². The topological polar surface area (TPSA) is 65.4 Å². The van der Waals surface area contributed by atoms with E-state index < -0.39 is 0 Å². The maximum absolute atomic E-state index is 11.5. The van der Waals surface area contributed by atoms with Gasteiger partial charge in [-0.3, -0.25) is 4.79 Å². The van der Waals surface area contributed by atoms with Gasteiger partial charge in [0.15, 0.2) is 0 Å². The molecular formula is C25H33N3O3. The molecule has 0 aliphatic carbocycles. The van der Waals surface area contributed by atoms with E-state index in [2.05, 4.69) is 48.0 Å². The van der Waals surface area contributed by atoms with Crippen molar-refractivity contribution < 1.29 is 14.3 Å². The molecule has 1 N–H and O–H groups in total. The highest BCUT2D eigenvalue weighted by Gasteiger charge is 2.10. The highest BCUT2D eigenvalue weighted by Crippen LogP contribution is 2.21. The number of methoxy groups -OCH3 is 1. The number of aryl methyl sites for hydroxylation is 3. The highest BCUT2D eigenvalue weighted by molar-refractivity contribution is 5.77. The quantitative estimate of drug-likeness (QED) is 0.443. The lowest BCUT2D eigenvalue weighted by molar-refractivity contribution is -0.124. The summed E-state index contributed by atoms with van der Waals surface area (Å²) in [5, 5.41) is 2.87. The Hall–Kier alpha value is -2.86. The third kappa shape index (κ3) is 6.31. The van der Waals surface area contributed by atoms with Gasteiger partial charge in [0.1, 0.15) is 18.2 Å². The van der Waals surface area contributed by atoms with Crippen molar-refractivity contribution in [2.45, 2.75) is 46.1 Å². The lowest BCUT2D eigenvalue weighted by atomic mass is 10.1. The number of fused-ring (bicyclic) bond motifs is 1. The standard InChI is InChI=1S/C25H33N3O3/c1-19-10-8-13-23(20(19)2)31-17-7-6-16-28-22-12-5-4-11-21(22)27-24(28)14-9-15-26-25(29)18-30-3/h4-5,8,10-13H,6-7,9,14-18H2,1-3H3,(H,26,29). The lowest BCUT2D eigenvalue weighted by Crippen LogP contribution is -2.28. The summed E-state index contributed by atoms with van der Waals surface area (Å²) in [5.41, 5.74) is 4.65. The summed E-state index contributed by atoms with van der Waals surface area (Å²) < 4.78 is 13.2. The molecule has 0 radical (unpaired) electrons. The summed E-state index contributed by atoms with van der Waals surface area (Å²) in [6, 6.07) is 14.4. The summed E-state index contributed by atoms with van der Waals surface area (Å²) >= 11 is 0. The van der Waals surface area contributed by atoms with Gasteiger partial charge in [0.25, 0.3) is 0 Å². The maximum Gasteiger partial charge on any atom is 0.245 e. The van der Waals surface area contributed by atoms with Crippen LogP contribution in [-0.4, -0.2) is 42.3 Å². The normalized spacial score (nSPS) is 11.1. The minimum Gasteiger partial charge on any atom is -0.493 e. The number of hydrogen-bond acceptors (Lipinski definition) is 4. The van der Waals surface area contributed by atoms with Crippen LogP contribution >= 0.6 is 0 Å². The zero-order valence-electron chi connectivity index (χ0n) is 18.8. The van der Waals surface area contributed by atoms with Gasteiger partial charge in [-0.15, -0.1) is 0 Å². The van der Waals surface area contributed by atoms with Crippen LogP contribution in [0.4, 0.5) is 0 Å². The van der Waals surface area contributed by atoms with Crippen LogP contribution in [0.25, 0.3) is 11.0 Å². The Balaban J connectivity index is 1.53. The van der Waals surface area contributed by atoms with Crippen LogP contribution in [0.1, 0.15) is 36.2 Å². The number of unbranched alkanes of at least 4 members (excludes halogenated alkanes) is 1. The first-order valence-electron chi connectivity index (χ1n) is 11.0. The predicted molar refractivity (Wildman–Crippen MR) is 124 cm³/mol. The molecule has 0 saturated heterocycles. The Morgan fingerprint density at radius 2 is 1.90 bits per heavy atom. The number of aromatic nitrogens is 2. The van der Waals surface area contributed by atoms with Crippen LogP contribution in [0.2, 0.25) is 0 Å². The molecule has 0 aliphatic rings. The highest BCUT2D eigenvalue weighted by atomic mass is 16.5. The van der Waals surface area contributed by atoms with E-state index in [4.69, 9.17) is 14.5 Å². The first-order chi connectivity index (χ1) is 15.1. The van der Waals surface area contributed by atoms with Crippen LogP contribution in [0.15, 0.2) is 42.5 Å². The minimum atomic E-state index is -0.0835. The van der Waals surface area contributed by atoms with Crippen molar-refractivity contribution >= 4 is 16.9 Å². The van der Waals surface area contributed by atoms with E-state index in [0.717, 1.165) is 54.8 Å². The van der Waals surface area contributed by atoms with Gasteiger partial charge in [0.05, 0.1) is 17.6 Å². The van der Waals surface area contributed by atoms with Crippen LogP contribution in [0.5, 0.6) is 5.75 Å². The number of benzene rings is 2. The van der Waals surface area contributed by atoms with Crippen molar-refractivity contribution in [3.05, 3.63) is 59.4 Å². The molecule has 166 valence electrons. The fraction of sp³-hybridized carbons (Fsp3) is 0.440. The number of rotatable bonds is 12. The SMILES string of the molecule is COCC(=O)NCCCc1nc2ccccc2n1CCCCOc1cccc(C)c1C. The Kier molecular flexibility index (Phi) is 8.47. The molecular weight excluding hydrogens is 390 g/mol. The predicted octanol–water partition coefficient (Wildman–Crippen LogP) is 4.21. The Morgan fingerprint density at radius 3 is 2.74 bits per heavy atom. The minimum absolute atomic E-state index is 0.0835. The fourth-order valence-electron chi connectivity index (χ4n) is 3.66. The molecule has 1 aromatic heterocycles. The van der Waals surface area contributed by atoms with Crippen molar-refractivity contribution in [1.29, 1.82) is 0 Å². The van der Waals surface area contributed by atoms with Crippen LogP contribution in [-0.2, 0) is 22.5 Å². The monoisotopic (exact) mass is 423 g/mol. The van der Waals surface area contributed by atoms with Crippen molar-refractivity contribution in [3.63, 3.8) is 0 Å². The Labute approximate surface area is 184 Å². The third-order valence-electron chi connectivity index (χ3n) is 5.50. The van der Waals surface area contributed by atoms with E-state index in [-0.39, 0.29) is 12.5 Å². The molecule has 0 bridgehead atoms. The lowest BCUT2D eigenvalue weighted by Gasteiger charge is -2.12. The average Bonchev–Trinajstić information content (AvgIpc) is 3.11. The largest absolute Gasteiger partial charge is 0.493 e. The summed E-state index contributed by atoms with van der Waals surface area (Å²) in [7, 11) is 1.52. The van der Waals surface area contributed by atoms with Gasteiger partial charge in [-0.1, -0.05) is 24.3 Å². The van der Waals surface area contributed by atoms with E-state index in [9.17, 15) is 4.79 Å². The summed E-state index contributed by atoms with van der Waals surface area (Å²) in [5.74, 6) is 1.96. The molecule has 2 aromatic carbocycles. The summed E-state index contributed by atoms with van der Waals surface area (Å²) in [4.78, 5) is 16.4. The van der Waals surface area contributed by atoms with Gasteiger partial charge in [-0.05, 0) is 62.4 Å². The zero-order valence-corrected chi connectivity index (χ0v) is 18.8. The van der Waals surface area contributed by atoms with Crippen molar-refractivity contribution in [2.75, 3.05) is 26.9 Å². The van der Waals surface area contributed by atoms with Crippen molar-refractivity contribution in [2.24, 2.45) is 0 Å². The Morgan fingerprint density at radius 1 is 1.06 bits per heavy atom. The van der Waals surface area contributed by atoms with Gasteiger partial charge in [0.2, 0.25) is 5.91 Å². The van der Waals surface area contributed by atoms with E-state index in [1.54, 1.807) is 0 Å². The number of ether oxygens (including phenoxy) is 2. The smallest absolute Gasteiger partial charge is 0.245 e. The first kappa shape index (κ1) is 22.8. The van der Waals surface area contributed by atoms with E-state index in [1.807, 2.05) is 18.2 Å². The molecule has 3 aromatic rings. The molecule has 1 heterocycles.